The summed E-state index contributed by atoms with van der Waals surface area (Å²) in [6.07, 6.45) is 0. The van der Waals surface area contributed by atoms with Crippen molar-refractivity contribution in [1.82, 2.24) is 9.80 Å². The number of rotatable bonds is 2. The van der Waals surface area contributed by atoms with Crippen LogP contribution in [0.3, 0.4) is 0 Å². The molecule has 0 spiro atoms. The lowest BCUT2D eigenvalue weighted by molar-refractivity contribution is 0.0883. The van der Waals surface area contributed by atoms with Crippen molar-refractivity contribution in [3.05, 3.63) is 0 Å². The van der Waals surface area contributed by atoms with Crippen LogP contribution in [-0.2, 0) is 0 Å². The molecule has 1 heterocycles. The van der Waals surface area contributed by atoms with E-state index < -0.39 is 0 Å². The fourth-order valence-electron chi connectivity index (χ4n) is 1.91. The molecule has 0 saturated carbocycles. The molecule has 0 bridgehead atoms. The number of hydrogen-bond donors (Lipinski definition) is 2. The van der Waals surface area contributed by atoms with Crippen molar-refractivity contribution in [2.24, 2.45) is 5.73 Å². The molecule has 0 aromatic heterocycles. The standard InChI is InChI=1S/C9H20N4/c1-7-6-12(3)4-5-13(7)8(2)9(10)11/h7-8H,4-6H2,1-3H3,(H3,10,11). The zero-order chi connectivity index (χ0) is 10.0. The van der Waals surface area contributed by atoms with Crippen LogP contribution in [0.1, 0.15) is 13.8 Å². The highest BCUT2D eigenvalue weighted by molar-refractivity contribution is 5.82. The first kappa shape index (κ1) is 10.5. The lowest BCUT2D eigenvalue weighted by Crippen LogP contribution is -2.56. The van der Waals surface area contributed by atoms with Crippen molar-refractivity contribution < 1.29 is 0 Å². The molecule has 0 radical (unpaired) electrons. The Morgan fingerprint density at radius 3 is 2.62 bits per heavy atom. The van der Waals surface area contributed by atoms with Crippen LogP contribution in [0, 0.1) is 5.41 Å². The molecule has 2 atom stereocenters. The molecule has 1 aliphatic rings. The van der Waals surface area contributed by atoms with E-state index in [1.165, 1.54) is 0 Å². The quantitative estimate of drug-likeness (QED) is 0.467. The smallest absolute Gasteiger partial charge is 0.108 e. The summed E-state index contributed by atoms with van der Waals surface area (Å²) in [7, 11) is 2.13. The first-order chi connectivity index (χ1) is 6.02. The summed E-state index contributed by atoms with van der Waals surface area (Å²) in [6.45, 7) is 7.34. The summed E-state index contributed by atoms with van der Waals surface area (Å²) < 4.78 is 0. The van der Waals surface area contributed by atoms with E-state index in [0.717, 1.165) is 19.6 Å². The summed E-state index contributed by atoms with van der Waals surface area (Å²) in [5.41, 5.74) is 5.49. The molecule has 3 N–H and O–H groups in total. The Balaban J connectivity index is 2.55. The molecular formula is C9H20N4. The maximum atomic E-state index is 7.40. The molecule has 1 rings (SSSR count). The normalized spacial score (nSPS) is 28.7. The van der Waals surface area contributed by atoms with E-state index in [9.17, 15) is 0 Å². The largest absolute Gasteiger partial charge is 0.386 e. The zero-order valence-electron chi connectivity index (χ0n) is 8.75. The van der Waals surface area contributed by atoms with Crippen LogP contribution in [0.5, 0.6) is 0 Å². The Bertz CT molecular complexity index is 192. The van der Waals surface area contributed by atoms with Crippen molar-refractivity contribution in [1.29, 1.82) is 5.41 Å². The van der Waals surface area contributed by atoms with Gasteiger partial charge in [-0.3, -0.25) is 10.3 Å². The van der Waals surface area contributed by atoms with E-state index >= 15 is 0 Å². The Morgan fingerprint density at radius 2 is 2.15 bits per heavy atom. The van der Waals surface area contributed by atoms with Crippen LogP contribution in [-0.4, -0.2) is 54.4 Å². The third-order valence-corrected chi connectivity index (χ3v) is 2.83. The van der Waals surface area contributed by atoms with E-state index in [1.807, 2.05) is 6.92 Å². The highest BCUT2D eigenvalue weighted by Gasteiger charge is 2.26. The third-order valence-electron chi connectivity index (χ3n) is 2.83. The van der Waals surface area contributed by atoms with Crippen molar-refractivity contribution in [3.63, 3.8) is 0 Å². The minimum Gasteiger partial charge on any atom is -0.386 e. The molecule has 1 aliphatic heterocycles. The SMILES string of the molecule is CC1CN(C)CCN1C(C)C(=N)N. The molecule has 4 heteroatoms. The molecule has 2 unspecified atom stereocenters. The van der Waals surface area contributed by atoms with Gasteiger partial charge in [-0.1, -0.05) is 0 Å². The number of nitrogens with one attached hydrogen (secondary N) is 1. The van der Waals surface area contributed by atoms with Crippen molar-refractivity contribution in [2.45, 2.75) is 25.9 Å². The van der Waals surface area contributed by atoms with E-state index in [-0.39, 0.29) is 11.9 Å². The average Bonchev–Trinajstić information content (AvgIpc) is 2.03. The number of amidine groups is 1. The van der Waals surface area contributed by atoms with Crippen molar-refractivity contribution in [2.75, 3.05) is 26.7 Å². The Hall–Kier alpha value is -0.610. The van der Waals surface area contributed by atoms with Crippen LogP contribution in [0.25, 0.3) is 0 Å². The van der Waals surface area contributed by atoms with Crippen LogP contribution in [0.4, 0.5) is 0 Å². The number of nitrogens with zero attached hydrogens (tertiary/aromatic N) is 2. The Kier molecular flexibility index (Phi) is 3.27. The lowest BCUT2D eigenvalue weighted by Gasteiger charge is -2.41. The van der Waals surface area contributed by atoms with Gasteiger partial charge in [0.25, 0.3) is 0 Å². The van der Waals surface area contributed by atoms with Gasteiger partial charge in [-0.15, -0.1) is 0 Å². The van der Waals surface area contributed by atoms with E-state index in [4.69, 9.17) is 11.1 Å². The summed E-state index contributed by atoms with van der Waals surface area (Å²) in [6, 6.07) is 0.585. The molecule has 4 nitrogen and oxygen atoms in total. The first-order valence-electron chi connectivity index (χ1n) is 4.80. The zero-order valence-corrected chi connectivity index (χ0v) is 8.75. The fourth-order valence-corrected chi connectivity index (χ4v) is 1.91. The molecule has 1 saturated heterocycles. The summed E-state index contributed by atoms with van der Waals surface area (Å²) in [5, 5.41) is 7.40. The molecular weight excluding hydrogens is 164 g/mol. The maximum Gasteiger partial charge on any atom is 0.108 e. The summed E-state index contributed by atoms with van der Waals surface area (Å²) in [4.78, 5) is 4.61. The molecule has 0 aromatic carbocycles. The third kappa shape index (κ3) is 2.42. The number of hydrogen-bond acceptors (Lipinski definition) is 3. The number of piperazine rings is 1. The molecule has 0 aromatic rings. The van der Waals surface area contributed by atoms with E-state index in [1.54, 1.807) is 0 Å². The molecule has 0 amide bonds. The van der Waals surface area contributed by atoms with Crippen LogP contribution < -0.4 is 5.73 Å². The van der Waals surface area contributed by atoms with Gasteiger partial charge >= 0.3 is 0 Å². The minimum absolute atomic E-state index is 0.0868. The van der Waals surface area contributed by atoms with Gasteiger partial charge in [0, 0.05) is 25.7 Å². The minimum atomic E-state index is 0.0868. The number of nitrogens with two attached hydrogens (primary N) is 1. The summed E-state index contributed by atoms with van der Waals surface area (Å²) >= 11 is 0. The highest BCUT2D eigenvalue weighted by atomic mass is 15.3. The van der Waals surface area contributed by atoms with Gasteiger partial charge in [0.15, 0.2) is 0 Å². The highest BCUT2D eigenvalue weighted by Crippen LogP contribution is 2.11. The van der Waals surface area contributed by atoms with Crippen LogP contribution in [0.15, 0.2) is 0 Å². The van der Waals surface area contributed by atoms with E-state index in [2.05, 4.69) is 23.8 Å². The monoisotopic (exact) mass is 184 g/mol. The topological polar surface area (TPSA) is 56.4 Å². The first-order valence-corrected chi connectivity index (χ1v) is 4.80. The maximum absolute atomic E-state index is 7.40. The van der Waals surface area contributed by atoms with Crippen molar-refractivity contribution >= 4 is 5.84 Å². The van der Waals surface area contributed by atoms with Crippen LogP contribution >= 0.6 is 0 Å². The van der Waals surface area contributed by atoms with Gasteiger partial charge in [0.1, 0.15) is 5.84 Å². The predicted octanol–water partition coefficient (Wildman–Crippen LogP) is -0.0532. The second-order valence-corrected chi connectivity index (χ2v) is 3.98. The van der Waals surface area contributed by atoms with Crippen LogP contribution in [0.2, 0.25) is 0 Å². The van der Waals surface area contributed by atoms with Gasteiger partial charge < -0.3 is 10.6 Å². The Labute approximate surface area is 80.2 Å². The second-order valence-electron chi connectivity index (χ2n) is 3.98. The number of likely N-dealkylation sites (N-methyl/N-ethyl adjacent to an activating group) is 1. The second kappa shape index (κ2) is 4.07. The van der Waals surface area contributed by atoms with Gasteiger partial charge in [-0.2, -0.15) is 0 Å². The van der Waals surface area contributed by atoms with Gasteiger partial charge in [0.2, 0.25) is 0 Å². The molecule has 1 fully saturated rings. The van der Waals surface area contributed by atoms with Crippen molar-refractivity contribution in [3.8, 4) is 0 Å². The van der Waals surface area contributed by atoms with Gasteiger partial charge in [0.05, 0.1) is 6.04 Å². The molecule has 0 aliphatic carbocycles. The lowest BCUT2D eigenvalue weighted by atomic mass is 10.1. The van der Waals surface area contributed by atoms with Gasteiger partial charge in [-0.25, -0.2) is 0 Å². The van der Waals surface area contributed by atoms with E-state index in [0.29, 0.717) is 6.04 Å². The Morgan fingerprint density at radius 1 is 1.54 bits per heavy atom. The predicted molar refractivity (Wildman–Crippen MR) is 55.0 cm³/mol. The summed E-state index contributed by atoms with van der Waals surface area (Å²) in [5.74, 6) is 0.274. The fraction of sp³-hybridized carbons (Fsp3) is 0.889. The van der Waals surface area contributed by atoms with Gasteiger partial charge in [-0.05, 0) is 20.9 Å². The molecule has 76 valence electrons. The average molecular weight is 184 g/mol. The molecule has 13 heavy (non-hydrogen) atoms.